The fraction of sp³-hybridized carbons (Fsp3) is 0.200. The lowest BCUT2D eigenvalue weighted by atomic mass is 10.2. The van der Waals surface area contributed by atoms with Crippen molar-refractivity contribution in [1.82, 2.24) is 0 Å². The maximum atomic E-state index is 11.0. The number of guanidine groups is 2. The zero-order chi connectivity index (χ0) is 14.7. The Labute approximate surface area is 113 Å². The average Bonchev–Trinajstić information content (AvgIpc) is 2.36. The molecule has 1 aromatic rings. The highest BCUT2D eigenvalue weighted by Gasteiger charge is 2.22. The first-order valence-electron chi connectivity index (χ1n) is 5.49. The van der Waals surface area contributed by atoms with E-state index in [1.54, 1.807) is 0 Å². The number of nitrogens with two attached hydrogens (primary N) is 3. The van der Waals surface area contributed by atoms with Crippen molar-refractivity contribution in [3.63, 3.8) is 0 Å². The van der Waals surface area contributed by atoms with Crippen molar-refractivity contribution in [3.05, 3.63) is 22.2 Å². The third-order valence-corrected chi connectivity index (χ3v) is 2.31. The highest BCUT2D eigenvalue weighted by Crippen LogP contribution is 2.40. The number of rotatable bonds is 2. The zero-order valence-corrected chi connectivity index (χ0v) is 10.3. The van der Waals surface area contributed by atoms with E-state index in [2.05, 4.69) is 9.98 Å². The number of hydrogen-bond acceptors (Lipinski definition) is 5. The molecule has 0 fully saturated rings. The van der Waals surface area contributed by atoms with Crippen molar-refractivity contribution >= 4 is 23.3 Å². The van der Waals surface area contributed by atoms with Gasteiger partial charge in [0.2, 0.25) is 5.96 Å². The molecule has 106 valence electrons. The van der Waals surface area contributed by atoms with Gasteiger partial charge >= 0.3 is 0 Å². The normalized spacial score (nSPS) is 13.7. The van der Waals surface area contributed by atoms with Crippen LogP contribution in [0.25, 0.3) is 0 Å². The van der Waals surface area contributed by atoms with E-state index in [1.165, 1.54) is 12.1 Å². The molecular weight excluding hydrogens is 268 g/mol. The zero-order valence-electron chi connectivity index (χ0n) is 10.3. The molecule has 0 bridgehead atoms. The second-order valence-corrected chi connectivity index (χ2v) is 3.75. The Morgan fingerprint density at radius 3 is 2.35 bits per heavy atom. The summed E-state index contributed by atoms with van der Waals surface area (Å²) < 4.78 is 10.6. The summed E-state index contributed by atoms with van der Waals surface area (Å²) in [6, 6.07) is 2.57. The largest absolute Gasteiger partial charge is 0.486 e. The molecule has 0 aromatic heterocycles. The number of ether oxygens (including phenoxy) is 2. The lowest BCUT2D eigenvalue weighted by Gasteiger charge is -2.18. The van der Waals surface area contributed by atoms with Crippen LogP contribution in [0.3, 0.4) is 0 Å². The van der Waals surface area contributed by atoms with Crippen LogP contribution in [0.5, 0.6) is 11.5 Å². The number of benzene rings is 1. The summed E-state index contributed by atoms with van der Waals surface area (Å²) in [7, 11) is 0. The molecule has 1 aromatic carbocycles. The number of hydrogen-bond donors (Lipinski definition) is 3. The van der Waals surface area contributed by atoms with E-state index in [9.17, 15) is 10.1 Å². The quantitative estimate of drug-likeness (QED) is 0.286. The topological polar surface area (TPSA) is 164 Å². The molecule has 10 heteroatoms. The van der Waals surface area contributed by atoms with Gasteiger partial charge in [-0.05, 0) is 0 Å². The highest BCUT2D eigenvalue weighted by molar-refractivity contribution is 5.94. The first-order valence-corrected chi connectivity index (χ1v) is 5.49. The Hall–Kier alpha value is -3.04. The van der Waals surface area contributed by atoms with E-state index in [4.69, 9.17) is 26.7 Å². The van der Waals surface area contributed by atoms with Crippen LogP contribution >= 0.6 is 0 Å². The molecule has 2 rings (SSSR count). The fourth-order valence-electron chi connectivity index (χ4n) is 1.58. The van der Waals surface area contributed by atoms with Crippen LogP contribution < -0.4 is 26.7 Å². The number of nitro benzene ring substituents is 1. The standard InChI is InChI=1S/C10H12N6O4/c11-9(12)15-10(13)14-5-3-7-8(20-2-1-19-7)4-6(5)16(17)18/h3-4H,1-2H2,(H6,11,12,13,14,15). The van der Waals surface area contributed by atoms with Crippen LogP contribution in [0.4, 0.5) is 11.4 Å². The Kier molecular flexibility index (Phi) is 3.55. The van der Waals surface area contributed by atoms with Crippen molar-refractivity contribution in [3.8, 4) is 11.5 Å². The predicted molar refractivity (Wildman–Crippen MR) is 71.2 cm³/mol. The van der Waals surface area contributed by atoms with Crippen LogP contribution in [0.1, 0.15) is 0 Å². The van der Waals surface area contributed by atoms with Gasteiger partial charge in [0.05, 0.1) is 11.0 Å². The summed E-state index contributed by atoms with van der Waals surface area (Å²) in [5.74, 6) is 0.0247. The third-order valence-electron chi connectivity index (χ3n) is 2.31. The number of nitro groups is 1. The Morgan fingerprint density at radius 2 is 1.80 bits per heavy atom. The summed E-state index contributed by atoms with van der Waals surface area (Å²) in [6.07, 6.45) is 0. The second-order valence-electron chi connectivity index (χ2n) is 3.75. The highest BCUT2D eigenvalue weighted by atomic mass is 16.6. The maximum absolute atomic E-state index is 11.0. The van der Waals surface area contributed by atoms with Gasteiger partial charge in [-0.3, -0.25) is 10.1 Å². The average molecular weight is 280 g/mol. The minimum Gasteiger partial charge on any atom is -0.486 e. The molecule has 0 atom stereocenters. The number of fused-ring (bicyclic) bond motifs is 1. The van der Waals surface area contributed by atoms with Gasteiger partial charge in [-0.25, -0.2) is 4.99 Å². The molecule has 1 aliphatic heterocycles. The van der Waals surface area contributed by atoms with Crippen molar-refractivity contribution in [2.75, 3.05) is 13.2 Å². The Bertz CT molecular complexity index is 608. The lowest BCUT2D eigenvalue weighted by Crippen LogP contribution is -2.26. The van der Waals surface area contributed by atoms with Crippen LogP contribution in [-0.2, 0) is 0 Å². The van der Waals surface area contributed by atoms with Gasteiger partial charge in [0, 0.05) is 6.07 Å². The minimum absolute atomic E-state index is 0.0262. The minimum atomic E-state index is -0.611. The summed E-state index contributed by atoms with van der Waals surface area (Å²) in [6.45, 7) is 0.667. The molecule has 20 heavy (non-hydrogen) atoms. The molecule has 0 unspecified atom stereocenters. The maximum Gasteiger partial charge on any atom is 0.298 e. The monoisotopic (exact) mass is 280 g/mol. The molecule has 0 saturated carbocycles. The predicted octanol–water partition coefficient (Wildman–Crippen LogP) is -0.414. The summed E-state index contributed by atoms with van der Waals surface area (Å²) in [5, 5.41) is 11.0. The molecule has 0 aliphatic carbocycles. The number of nitrogens with zero attached hydrogens (tertiary/aromatic N) is 3. The van der Waals surface area contributed by atoms with E-state index in [0.29, 0.717) is 19.0 Å². The van der Waals surface area contributed by atoms with Gasteiger partial charge in [-0.1, -0.05) is 0 Å². The van der Waals surface area contributed by atoms with E-state index >= 15 is 0 Å². The molecule has 0 saturated heterocycles. The van der Waals surface area contributed by atoms with Crippen LogP contribution in [0, 0.1) is 10.1 Å². The first-order chi connectivity index (χ1) is 9.47. The van der Waals surface area contributed by atoms with Crippen LogP contribution in [0.15, 0.2) is 22.1 Å². The Morgan fingerprint density at radius 1 is 1.20 bits per heavy atom. The molecular formula is C10H12N6O4. The summed E-state index contributed by atoms with van der Waals surface area (Å²) in [5.41, 5.74) is 15.4. The molecule has 1 heterocycles. The van der Waals surface area contributed by atoms with E-state index < -0.39 is 4.92 Å². The van der Waals surface area contributed by atoms with E-state index in [1.807, 2.05) is 0 Å². The molecule has 1 aliphatic rings. The van der Waals surface area contributed by atoms with Gasteiger partial charge in [0.15, 0.2) is 17.5 Å². The number of aliphatic imine (C=N–C) groups is 2. The summed E-state index contributed by atoms with van der Waals surface area (Å²) in [4.78, 5) is 17.7. The first kappa shape index (κ1) is 13.4. The van der Waals surface area contributed by atoms with Gasteiger partial charge in [0.1, 0.15) is 18.9 Å². The van der Waals surface area contributed by atoms with E-state index in [-0.39, 0.29) is 29.0 Å². The van der Waals surface area contributed by atoms with Gasteiger partial charge in [-0.2, -0.15) is 4.99 Å². The molecule has 0 amide bonds. The second kappa shape index (κ2) is 5.30. The summed E-state index contributed by atoms with van der Waals surface area (Å²) >= 11 is 0. The van der Waals surface area contributed by atoms with Crippen molar-refractivity contribution in [1.29, 1.82) is 0 Å². The molecule has 6 N–H and O–H groups in total. The van der Waals surface area contributed by atoms with Crippen molar-refractivity contribution in [2.24, 2.45) is 27.2 Å². The van der Waals surface area contributed by atoms with Crippen molar-refractivity contribution in [2.45, 2.75) is 0 Å². The smallest absolute Gasteiger partial charge is 0.298 e. The Balaban J connectivity index is 2.50. The van der Waals surface area contributed by atoms with Crippen molar-refractivity contribution < 1.29 is 14.4 Å². The van der Waals surface area contributed by atoms with Crippen LogP contribution in [0.2, 0.25) is 0 Å². The van der Waals surface area contributed by atoms with Gasteiger partial charge < -0.3 is 26.7 Å². The molecule has 0 spiro atoms. The lowest BCUT2D eigenvalue weighted by molar-refractivity contribution is -0.384. The molecule has 10 nitrogen and oxygen atoms in total. The van der Waals surface area contributed by atoms with Gasteiger partial charge in [-0.15, -0.1) is 0 Å². The fourth-order valence-corrected chi connectivity index (χ4v) is 1.58. The van der Waals surface area contributed by atoms with E-state index in [0.717, 1.165) is 0 Å². The third kappa shape index (κ3) is 2.85. The SMILES string of the molecule is NC(N)=NC(N)=Nc1cc2c(cc1[N+](=O)[O-])OCCO2. The van der Waals surface area contributed by atoms with Crippen LogP contribution in [-0.4, -0.2) is 30.1 Å². The molecule has 0 radical (unpaired) electrons. The van der Waals surface area contributed by atoms with Gasteiger partial charge in [0.25, 0.3) is 5.69 Å².